The monoisotopic (exact) mass is 497 g/mol. The molecule has 0 radical (unpaired) electrons. The minimum atomic E-state index is -3.86. The molecule has 0 spiro atoms. The van der Waals surface area contributed by atoms with E-state index in [1.165, 1.54) is 0 Å². The van der Waals surface area contributed by atoms with E-state index in [4.69, 9.17) is 8.61 Å². The number of hydrogen-bond acceptors (Lipinski definition) is 5. The van der Waals surface area contributed by atoms with Gasteiger partial charge in [0.1, 0.15) is 6.10 Å². The van der Waals surface area contributed by atoms with Crippen LogP contribution in [-0.4, -0.2) is 41.1 Å². The summed E-state index contributed by atoms with van der Waals surface area (Å²) >= 11 is 0. The van der Waals surface area contributed by atoms with Gasteiger partial charge >= 0.3 is 0 Å². The van der Waals surface area contributed by atoms with Crippen LogP contribution in [0.4, 0.5) is 5.69 Å². The van der Waals surface area contributed by atoms with Crippen molar-refractivity contribution >= 4 is 30.0 Å². The molecule has 0 aliphatic carbocycles. The van der Waals surface area contributed by atoms with Crippen molar-refractivity contribution in [3.63, 3.8) is 0 Å². The summed E-state index contributed by atoms with van der Waals surface area (Å²) in [5.74, 6) is -0.482. The largest absolute Gasteiger partial charge is 0.411 e. The molecule has 1 amide bonds. The summed E-state index contributed by atoms with van der Waals surface area (Å²) in [6, 6.07) is 8.98. The minimum absolute atomic E-state index is 0.0431. The van der Waals surface area contributed by atoms with Crippen molar-refractivity contribution < 1.29 is 21.8 Å². The molecule has 33 heavy (non-hydrogen) atoms. The molecule has 0 aromatic heterocycles. The summed E-state index contributed by atoms with van der Waals surface area (Å²) < 4.78 is 36.5. The molecular formula is C25H43NO5SSi. The van der Waals surface area contributed by atoms with Gasteiger partial charge < -0.3 is 9.74 Å². The van der Waals surface area contributed by atoms with Crippen molar-refractivity contribution in [3.8, 4) is 0 Å². The molecule has 0 saturated carbocycles. The van der Waals surface area contributed by atoms with Crippen molar-refractivity contribution in [2.75, 3.05) is 11.6 Å². The van der Waals surface area contributed by atoms with E-state index in [2.05, 4.69) is 52.7 Å². The zero-order valence-corrected chi connectivity index (χ0v) is 23.3. The van der Waals surface area contributed by atoms with Crippen LogP contribution in [0, 0.1) is 0 Å². The molecule has 1 aromatic rings. The number of nitrogens with one attached hydrogen (secondary N) is 1. The molecule has 8 heteroatoms. The second-order valence-corrected chi connectivity index (χ2v) is 16.5. The quantitative estimate of drug-likeness (QED) is 0.142. The van der Waals surface area contributed by atoms with Crippen molar-refractivity contribution in [1.29, 1.82) is 0 Å². The minimum Gasteiger partial charge on any atom is -0.411 e. The first kappa shape index (κ1) is 29.5. The van der Waals surface area contributed by atoms with Gasteiger partial charge in [-0.1, -0.05) is 84.6 Å². The summed E-state index contributed by atoms with van der Waals surface area (Å²) in [6.07, 6.45) is 5.18. The van der Waals surface area contributed by atoms with Crippen molar-refractivity contribution in [2.24, 2.45) is 0 Å². The highest BCUT2D eigenvalue weighted by molar-refractivity contribution is 7.86. The van der Waals surface area contributed by atoms with Gasteiger partial charge in [0.2, 0.25) is 0 Å². The highest BCUT2D eigenvalue weighted by atomic mass is 32.2. The Kier molecular flexibility index (Phi) is 11.5. The Hall–Kier alpha value is -1.48. The maximum atomic E-state index is 13.0. The Labute approximate surface area is 202 Å². The fourth-order valence-electron chi connectivity index (χ4n) is 3.17. The number of unbranched alkanes of at least 4 members (excludes halogenated alkanes) is 4. The lowest BCUT2D eigenvalue weighted by atomic mass is 9.99. The number of hydrogen-bond donors (Lipinski definition) is 1. The summed E-state index contributed by atoms with van der Waals surface area (Å²) in [7, 11) is -6.14. The predicted molar refractivity (Wildman–Crippen MR) is 139 cm³/mol. The summed E-state index contributed by atoms with van der Waals surface area (Å²) in [5, 5.41) is 2.70. The molecule has 2 atom stereocenters. The predicted octanol–water partition coefficient (Wildman–Crippen LogP) is 6.28. The van der Waals surface area contributed by atoms with Gasteiger partial charge in [0, 0.05) is 11.3 Å². The highest BCUT2D eigenvalue weighted by Gasteiger charge is 2.42. The average Bonchev–Trinajstić information content (AvgIpc) is 2.69. The van der Waals surface area contributed by atoms with E-state index in [1.807, 2.05) is 18.2 Å². The van der Waals surface area contributed by atoms with Crippen LogP contribution in [-0.2, 0) is 23.5 Å². The Morgan fingerprint density at radius 2 is 1.67 bits per heavy atom. The highest BCUT2D eigenvalue weighted by Crippen LogP contribution is 2.39. The summed E-state index contributed by atoms with van der Waals surface area (Å²) in [6.45, 7) is 16.7. The number of anilines is 1. The van der Waals surface area contributed by atoms with Gasteiger partial charge in [0.05, 0.1) is 12.4 Å². The molecular weight excluding hydrogens is 454 g/mol. The van der Waals surface area contributed by atoms with Crippen LogP contribution in [0.15, 0.2) is 42.5 Å². The third-order valence-electron chi connectivity index (χ3n) is 6.13. The molecule has 0 heterocycles. The molecule has 0 fully saturated rings. The first-order valence-corrected chi connectivity index (χ1v) is 16.5. The van der Waals surface area contributed by atoms with Gasteiger partial charge in [0.15, 0.2) is 8.32 Å². The van der Waals surface area contributed by atoms with Gasteiger partial charge in [0.25, 0.3) is 16.0 Å². The van der Waals surface area contributed by atoms with Crippen LogP contribution in [0.3, 0.4) is 0 Å². The van der Waals surface area contributed by atoms with Crippen LogP contribution in [0.2, 0.25) is 18.1 Å². The first-order valence-electron chi connectivity index (χ1n) is 11.8. The third-order valence-corrected chi connectivity index (χ3v) is 11.2. The van der Waals surface area contributed by atoms with Gasteiger partial charge in [-0.25, -0.2) is 0 Å². The summed E-state index contributed by atoms with van der Waals surface area (Å²) in [5.41, 5.74) is 0.643. The van der Waals surface area contributed by atoms with Gasteiger partial charge in [-0.15, -0.1) is 0 Å². The third kappa shape index (κ3) is 10.5. The number of benzene rings is 1. The molecule has 0 bridgehead atoms. The Balaban J connectivity index is 3.21. The fourth-order valence-corrected chi connectivity index (χ4v) is 5.14. The van der Waals surface area contributed by atoms with E-state index in [0.29, 0.717) is 12.1 Å². The van der Waals surface area contributed by atoms with Crippen LogP contribution >= 0.6 is 0 Å². The van der Waals surface area contributed by atoms with E-state index >= 15 is 0 Å². The van der Waals surface area contributed by atoms with Crippen LogP contribution < -0.4 is 5.32 Å². The fraction of sp³-hybridized carbons (Fsp3) is 0.640. The van der Waals surface area contributed by atoms with E-state index in [-0.39, 0.29) is 10.6 Å². The maximum Gasteiger partial charge on any atom is 0.265 e. The van der Waals surface area contributed by atoms with Crippen LogP contribution in [0.5, 0.6) is 0 Å². The SMILES string of the molecule is C=C(C(=O)Nc1ccccc1)[C@H](OS(C)(=O)=O)[C@@H](CCCCCCC)O[Si](C)(C)C(C)(C)C. The second-order valence-electron chi connectivity index (χ2n) is 10.2. The van der Waals surface area contributed by atoms with E-state index in [9.17, 15) is 13.2 Å². The molecule has 1 aromatic carbocycles. The number of rotatable bonds is 14. The molecule has 0 unspecified atom stereocenters. The topological polar surface area (TPSA) is 81.7 Å². The van der Waals surface area contributed by atoms with Crippen molar-refractivity contribution in [2.45, 2.75) is 96.6 Å². The zero-order valence-electron chi connectivity index (χ0n) is 21.4. The first-order chi connectivity index (χ1) is 15.2. The lowest BCUT2D eigenvalue weighted by Crippen LogP contribution is -2.49. The van der Waals surface area contributed by atoms with Gasteiger partial charge in [-0.2, -0.15) is 8.42 Å². The Morgan fingerprint density at radius 1 is 1.09 bits per heavy atom. The normalized spacial score (nSPS) is 14.5. The molecule has 1 rings (SSSR count). The van der Waals surface area contributed by atoms with Gasteiger partial charge in [-0.05, 0) is 36.7 Å². The van der Waals surface area contributed by atoms with Crippen LogP contribution in [0.25, 0.3) is 0 Å². The lowest BCUT2D eigenvalue weighted by Gasteiger charge is -2.41. The Bertz CT molecular complexity index is 863. The lowest BCUT2D eigenvalue weighted by molar-refractivity contribution is -0.114. The molecule has 6 nitrogen and oxygen atoms in total. The molecule has 0 aliphatic heterocycles. The number of amides is 1. The smallest absolute Gasteiger partial charge is 0.265 e. The van der Waals surface area contributed by atoms with Crippen molar-refractivity contribution in [1.82, 2.24) is 0 Å². The van der Waals surface area contributed by atoms with Crippen LogP contribution in [0.1, 0.15) is 66.2 Å². The second kappa shape index (κ2) is 12.8. The van der Waals surface area contributed by atoms with E-state index in [1.54, 1.807) is 12.1 Å². The average molecular weight is 498 g/mol. The Morgan fingerprint density at radius 3 is 2.18 bits per heavy atom. The van der Waals surface area contributed by atoms with E-state index in [0.717, 1.165) is 38.4 Å². The van der Waals surface area contributed by atoms with Crippen molar-refractivity contribution in [3.05, 3.63) is 42.5 Å². The number of carbonyl (C=O) groups excluding carboxylic acids is 1. The number of para-hydroxylation sites is 1. The summed E-state index contributed by atoms with van der Waals surface area (Å²) in [4.78, 5) is 13.0. The zero-order chi connectivity index (χ0) is 25.3. The maximum absolute atomic E-state index is 13.0. The standard InChI is InChI=1S/C25H43NO5SSi/c1-9-10-11-12-16-19-22(31-33(7,8)25(3,4)5)23(30-32(6,28)29)20(2)24(27)26-21-17-14-13-15-18-21/h13-15,17-18,22-23H,2,9-12,16,19H2,1,3-8H3,(H,26,27)/t22-,23+/m1/s1. The van der Waals surface area contributed by atoms with E-state index < -0.39 is 36.6 Å². The molecule has 0 saturated heterocycles. The molecule has 188 valence electrons. The molecule has 1 N–H and O–H groups in total. The number of carbonyl (C=O) groups is 1. The molecule has 0 aliphatic rings. The van der Waals surface area contributed by atoms with Gasteiger partial charge in [-0.3, -0.25) is 8.98 Å².